The van der Waals surface area contributed by atoms with Crippen LogP contribution in [0.4, 0.5) is 0 Å². The van der Waals surface area contributed by atoms with Crippen LogP contribution in [0.15, 0.2) is 25.3 Å². The number of phosphoric acid groups is 1. The van der Waals surface area contributed by atoms with E-state index < -0.39 is 7.82 Å². The van der Waals surface area contributed by atoms with Crippen LogP contribution in [0.2, 0.25) is 0 Å². The molecule has 0 fully saturated rings. The molecule has 0 spiro atoms. The quantitative estimate of drug-likeness (QED) is 0.400. The molecule has 0 aliphatic carbocycles. The van der Waals surface area contributed by atoms with Gasteiger partial charge in [0.1, 0.15) is 0 Å². The molecular weight excluding hydrogens is 253 g/mol. The van der Waals surface area contributed by atoms with Gasteiger partial charge in [-0.25, -0.2) is 0 Å². The Kier molecular flexibility index (Phi) is 11.6. The summed E-state index contributed by atoms with van der Waals surface area (Å²) in [4.78, 5) is 22.9. The van der Waals surface area contributed by atoms with Gasteiger partial charge in [-0.1, -0.05) is 27.0 Å². The predicted octanol–water partition coefficient (Wildman–Crippen LogP) is 1.43. The minimum absolute atomic E-state index is 1.08. The van der Waals surface area contributed by atoms with Crippen LogP contribution in [-0.2, 0) is 4.57 Å². The standard InChI is InChI=1S/C12H24N.H3O4P/c1-5-9-13(10-6-2,11-7-3)12-8-4;1-5(2,3)4/h5-6H,1-2,7-12H2,3-4H3;(H3,1,2,3,4)/q+1;/p-1. The molecule has 0 heterocycles. The molecule has 0 bridgehead atoms. The van der Waals surface area contributed by atoms with Crippen LogP contribution < -0.4 is 4.89 Å². The molecule has 0 aliphatic rings. The maximum atomic E-state index is 8.77. The number of nitrogens with zero attached hydrogens (tertiary/aromatic N) is 1. The van der Waals surface area contributed by atoms with Gasteiger partial charge < -0.3 is 19.2 Å². The summed E-state index contributed by atoms with van der Waals surface area (Å²) in [6.07, 6.45) is 6.55. The highest BCUT2D eigenvalue weighted by Crippen LogP contribution is 2.19. The monoisotopic (exact) mass is 279 g/mol. The van der Waals surface area contributed by atoms with E-state index in [1.54, 1.807) is 0 Å². The zero-order chi connectivity index (χ0) is 14.7. The average molecular weight is 279 g/mol. The molecule has 0 aliphatic heterocycles. The maximum absolute atomic E-state index is 8.77. The van der Waals surface area contributed by atoms with Gasteiger partial charge in [0.25, 0.3) is 7.82 Å². The molecule has 0 atom stereocenters. The van der Waals surface area contributed by atoms with Crippen molar-refractivity contribution in [1.29, 1.82) is 0 Å². The van der Waals surface area contributed by atoms with Crippen LogP contribution in [0.3, 0.4) is 0 Å². The molecule has 0 aromatic rings. The molecule has 0 aromatic heterocycles. The lowest BCUT2D eigenvalue weighted by molar-refractivity contribution is -0.917. The Morgan fingerprint density at radius 3 is 1.56 bits per heavy atom. The van der Waals surface area contributed by atoms with Gasteiger partial charge in [-0.05, 0) is 25.0 Å². The lowest BCUT2D eigenvalue weighted by Gasteiger charge is -2.36. The zero-order valence-corrected chi connectivity index (χ0v) is 12.3. The fourth-order valence-corrected chi connectivity index (χ4v) is 2.05. The molecule has 5 nitrogen and oxygen atoms in total. The summed E-state index contributed by atoms with van der Waals surface area (Å²) in [7, 11) is -4.89. The van der Waals surface area contributed by atoms with Crippen molar-refractivity contribution in [1.82, 2.24) is 0 Å². The van der Waals surface area contributed by atoms with Gasteiger partial charge in [-0.3, -0.25) is 4.57 Å². The van der Waals surface area contributed by atoms with Crippen molar-refractivity contribution < 1.29 is 23.7 Å². The third kappa shape index (κ3) is 13.6. The van der Waals surface area contributed by atoms with E-state index in [4.69, 9.17) is 19.2 Å². The number of hydrogen-bond acceptors (Lipinski definition) is 2. The van der Waals surface area contributed by atoms with Gasteiger partial charge in [-0.2, -0.15) is 0 Å². The highest BCUT2D eigenvalue weighted by atomic mass is 31.2. The van der Waals surface area contributed by atoms with Crippen molar-refractivity contribution in [3.63, 3.8) is 0 Å². The first kappa shape index (κ1) is 19.9. The third-order valence-corrected chi connectivity index (χ3v) is 2.43. The molecule has 6 heteroatoms. The van der Waals surface area contributed by atoms with Gasteiger partial charge in [-0.15, -0.1) is 0 Å². The van der Waals surface area contributed by atoms with E-state index in [0.717, 1.165) is 17.6 Å². The lowest BCUT2D eigenvalue weighted by Crippen LogP contribution is -2.49. The van der Waals surface area contributed by atoms with Crippen molar-refractivity contribution >= 4 is 7.82 Å². The van der Waals surface area contributed by atoms with Gasteiger partial charge in [0.15, 0.2) is 0 Å². The third-order valence-electron chi connectivity index (χ3n) is 2.43. The van der Waals surface area contributed by atoms with Gasteiger partial charge >= 0.3 is 0 Å². The number of hydrogen-bond donors (Lipinski definition) is 2. The highest BCUT2D eigenvalue weighted by Gasteiger charge is 2.21. The predicted molar refractivity (Wildman–Crippen MR) is 72.7 cm³/mol. The molecule has 108 valence electrons. The van der Waals surface area contributed by atoms with Crippen LogP contribution in [0.1, 0.15) is 26.7 Å². The van der Waals surface area contributed by atoms with Crippen molar-refractivity contribution in [2.75, 3.05) is 26.2 Å². The zero-order valence-electron chi connectivity index (χ0n) is 11.4. The van der Waals surface area contributed by atoms with E-state index in [1.807, 2.05) is 12.2 Å². The molecule has 0 saturated carbocycles. The topological polar surface area (TPSA) is 80.6 Å². The summed E-state index contributed by atoms with van der Waals surface area (Å²) in [5.74, 6) is 0. The second-order valence-electron chi connectivity index (χ2n) is 4.22. The van der Waals surface area contributed by atoms with Crippen molar-refractivity contribution in [3.05, 3.63) is 25.3 Å². The minimum Gasteiger partial charge on any atom is -0.756 e. The van der Waals surface area contributed by atoms with Crippen LogP contribution in [0.5, 0.6) is 0 Å². The smallest absolute Gasteiger partial charge is 0.262 e. The van der Waals surface area contributed by atoms with E-state index >= 15 is 0 Å². The first-order valence-corrected chi connectivity index (χ1v) is 7.61. The molecule has 0 aromatic carbocycles. The van der Waals surface area contributed by atoms with Gasteiger partial charge in [0, 0.05) is 0 Å². The first-order chi connectivity index (χ1) is 8.24. The Hall–Kier alpha value is -0.450. The minimum atomic E-state index is -4.89. The van der Waals surface area contributed by atoms with Crippen LogP contribution in [0, 0.1) is 0 Å². The first-order valence-electron chi connectivity index (χ1n) is 6.08. The van der Waals surface area contributed by atoms with E-state index in [0.29, 0.717) is 0 Å². The van der Waals surface area contributed by atoms with Gasteiger partial charge in [0.2, 0.25) is 0 Å². The SMILES string of the molecule is C=CC[N+](CC=C)(CCC)CCC.O=P([O-])(O)O. The fraction of sp³-hybridized carbons (Fsp3) is 0.667. The Morgan fingerprint density at radius 2 is 1.39 bits per heavy atom. The van der Waals surface area contributed by atoms with Crippen LogP contribution >= 0.6 is 7.82 Å². The Labute approximate surface area is 110 Å². The van der Waals surface area contributed by atoms with E-state index in [2.05, 4.69) is 27.0 Å². The lowest BCUT2D eigenvalue weighted by atomic mass is 10.2. The number of rotatable bonds is 8. The second kappa shape index (κ2) is 10.5. The summed E-state index contributed by atoms with van der Waals surface area (Å²) in [6, 6.07) is 0. The normalized spacial score (nSPS) is 11.4. The molecule has 18 heavy (non-hydrogen) atoms. The summed E-state index contributed by atoms with van der Waals surface area (Å²) in [5, 5.41) is 0. The van der Waals surface area contributed by atoms with E-state index in [1.165, 1.54) is 25.9 Å². The average Bonchev–Trinajstić information content (AvgIpc) is 2.16. The maximum Gasteiger partial charge on any atom is 0.262 e. The Bertz CT molecular complexity index is 249. The summed E-state index contributed by atoms with van der Waals surface area (Å²) < 4.78 is 9.91. The van der Waals surface area contributed by atoms with Crippen molar-refractivity contribution in [2.45, 2.75) is 26.7 Å². The fourth-order valence-electron chi connectivity index (χ4n) is 2.05. The molecule has 0 radical (unpaired) electrons. The molecule has 0 amide bonds. The summed E-state index contributed by atoms with van der Waals surface area (Å²) in [6.45, 7) is 16.8. The number of quaternary nitrogens is 1. The Balaban J connectivity index is 0. The largest absolute Gasteiger partial charge is 0.756 e. The highest BCUT2D eigenvalue weighted by molar-refractivity contribution is 7.43. The second-order valence-corrected chi connectivity index (χ2v) is 5.20. The van der Waals surface area contributed by atoms with Crippen LogP contribution in [0.25, 0.3) is 0 Å². The van der Waals surface area contributed by atoms with E-state index in [9.17, 15) is 0 Å². The summed E-state index contributed by atoms with van der Waals surface area (Å²) >= 11 is 0. The van der Waals surface area contributed by atoms with Crippen molar-refractivity contribution in [3.8, 4) is 0 Å². The van der Waals surface area contributed by atoms with Crippen molar-refractivity contribution in [2.24, 2.45) is 0 Å². The van der Waals surface area contributed by atoms with Crippen LogP contribution in [-0.4, -0.2) is 40.4 Å². The summed E-state index contributed by atoms with van der Waals surface area (Å²) in [5.41, 5.74) is 0. The molecule has 0 rings (SSSR count). The Morgan fingerprint density at radius 1 is 1.11 bits per heavy atom. The molecule has 2 N–H and O–H groups in total. The van der Waals surface area contributed by atoms with Gasteiger partial charge in [0.05, 0.1) is 26.2 Å². The molecule has 0 unspecified atom stereocenters. The molecular formula is C12H26NO4P. The van der Waals surface area contributed by atoms with E-state index in [-0.39, 0.29) is 0 Å². The molecule has 0 saturated heterocycles.